The molecule has 4 aromatic rings. The minimum absolute atomic E-state index is 0.168. The summed E-state index contributed by atoms with van der Waals surface area (Å²) in [5, 5.41) is 5.15. The molecule has 0 radical (unpaired) electrons. The minimum atomic E-state index is -0.193. The first-order chi connectivity index (χ1) is 17.0. The molecule has 1 aliphatic rings. The molecule has 35 heavy (non-hydrogen) atoms. The van der Waals surface area contributed by atoms with Crippen molar-refractivity contribution in [3.05, 3.63) is 93.2 Å². The SMILES string of the molecule is COc1ccc(CN(Cc2cc3cc4c(cc3[nH]c2=O)OCO4)C(=S)Nc2cccc(Cl)c2)cc1. The average molecular weight is 508 g/mol. The van der Waals surface area contributed by atoms with Gasteiger partial charge in [-0.2, -0.15) is 0 Å². The maximum Gasteiger partial charge on any atom is 0.253 e. The summed E-state index contributed by atoms with van der Waals surface area (Å²) in [6, 6.07) is 20.6. The molecule has 9 heteroatoms. The average Bonchev–Trinajstić information content (AvgIpc) is 3.30. The number of anilines is 1. The molecule has 5 rings (SSSR count). The first-order valence-corrected chi connectivity index (χ1v) is 11.7. The van der Waals surface area contributed by atoms with Gasteiger partial charge in [0.1, 0.15) is 5.75 Å². The van der Waals surface area contributed by atoms with Crippen LogP contribution in [0.3, 0.4) is 0 Å². The van der Waals surface area contributed by atoms with Crippen LogP contribution < -0.4 is 25.1 Å². The quantitative estimate of drug-likeness (QED) is 0.342. The third-order valence-electron chi connectivity index (χ3n) is 5.67. The molecule has 0 saturated carbocycles. The number of rotatable bonds is 6. The summed E-state index contributed by atoms with van der Waals surface area (Å²) >= 11 is 11.9. The second kappa shape index (κ2) is 9.85. The highest BCUT2D eigenvalue weighted by atomic mass is 35.5. The molecular formula is C26H22ClN3O4S. The third-order valence-corrected chi connectivity index (χ3v) is 6.27. The van der Waals surface area contributed by atoms with Gasteiger partial charge in [-0.1, -0.05) is 29.8 Å². The summed E-state index contributed by atoms with van der Waals surface area (Å²) in [7, 11) is 1.63. The van der Waals surface area contributed by atoms with E-state index in [1.165, 1.54) is 0 Å². The van der Waals surface area contributed by atoms with Gasteiger partial charge >= 0.3 is 0 Å². The van der Waals surface area contributed by atoms with Gasteiger partial charge in [-0.05, 0) is 60.2 Å². The number of nitrogens with zero attached hydrogens (tertiary/aromatic N) is 1. The van der Waals surface area contributed by atoms with E-state index in [1.807, 2.05) is 53.4 Å². The fourth-order valence-electron chi connectivity index (χ4n) is 3.88. The van der Waals surface area contributed by atoms with Crippen LogP contribution in [0, 0.1) is 0 Å². The Bertz CT molecular complexity index is 1460. The van der Waals surface area contributed by atoms with E-state index in [4.69, 9.17) is 38.0 Å². The predicted molar refractivity (Wildman–Crippen MR) is 141 cm³/mol. The number of benzene rings is 3. The Labute approximate surface area is 212 Å². The maximum atomic E-state index is 13.0. The highest BCUT2D eigenvalue weighted by Gasteiger charge is 2.18. The summed E-state index contributed by atoms with van der Waals surface area (Å²) in [5.41, 5.74) is 2.84. The first kappa shape index (κ1) is 23.0. The number of fused-ring (bicyclic) bond motifs is 2. The largest absolute Gasteiger partial charge is 0.497 e. The van der Waals surface area contributed by atoms with Crippen molar-refractivity contribution >= 4 is 45.5 Å². The lowest BCUT2D eigenvalue weighted by Crippen LogP contribution is -2.35. The van der Waals surface area contributed by atoms with Crippen molar-refractivity contribution in [2.45, 2.75) is 13.1 Å². The molecular weight excluding hydrogens is 486 g/mol. The van der Waals surface area contributed by atoms with Gasteiger partial charge in [0.15, 0.2) is 16.6 Å². The summed E-state index contributed by atoms with van der Waals surface area (Å²) < 4.78 is 16.2. The first-order valence-electron chi connectivity index (χ1n) is 10.9. The molecule has 7 nitrogen and oxygen atoms in total. The number of hydrogen-bond donors (Lipinski definition) is 2. The van der Waals surface area contributed by atoms with Gasteiger partial charge in [-0.15, -0.1) is 0 Å². The third kappa shape index (κ3) is 5.18. The molecule has 0 atom stereocenters. The zero-order valence-corrected chi connectivity index (χ0v) is 20.4. The van der Waals surface area contributed by atoms with Crippen molar-refractivity contribution in [2.24, 2.45) is 0 Å². The topological polar surface area (TPSA) is 75.8 Å². The van der Waals surface area contributed by atoms with Crippen LogP contribution in [0.4, 0.5) is 5.69 Å². The lowest BCUT2D eigenvalue weighted by atomic mass is 10.1. The molecule has 3 aromatic carbocycles. The fourth-order valence-corrected chi connectivity index (χ4v) is 4.32. The van der Waals surface area contributed by atoms with Gasteiger partial charge < -0.3 is 29.4 Å². The lowest BCUT2D eigenvalue weighted by molar-refractivity contribution is 0.174. The lowest BCUT2D eigenvalue weighted by Gasteiger charge is -2.26. The van der Waals surface area contributed by atoms with Gasteiger partial charge in [0.25, 0.3) is 5.56 Å². The van der Waals surface area contributed by atoms with E-state index in [2.05, 4.69) is 10.3 Å². The molecule has 0 spiro atoms. The Hall–Kier alpha value is -3.75. The number of nitrogens with one attached hydrogen (secondary N) is 2. The van der Waals surface area contributed by atoms with Crippen LogP contribution in [0.5, 0.6) is 17.2 Å². The highest BCUT2D eigenvalue weighted by Crippen LogP contribution is 2.35. The van der Waals surface area contributed by atoms with Crippen LogP contribution in [0.25, 0.3) is 10.9 Å². The van der Waals surface area contributed by atoms with E-state index in [-0.39, 0.29) is 18.9 Å². The Morgan fingerprint density at radius 2 is 1.86 bits per heavy atom. The molecule has 2 heterocycles. The van der Waals surface area contributed by atoms with Crippen molar-refractivity contribution in [2.75, 3.05) is 19.2 Å². The van der Waals surface area contributed by atoms with Crippen LogP contribution in [0.1, 0.15) is 11.1 Å². The molecule has 0 saturated heterocycles. The number of aromatic amines is 1. The van der Waals surface area contributed by atoms with Gasteiger partial charge in [0.2, 0.25) is 6.79 Å². The van der Waals surface area contributed by atoms with Gasteiger partial charge in [-0.25, -0.2) is 0 Å². The Kier molecular flexibility index (Phi) is 6.48. The monoisotopic (exact) mass is 507 g/mol. The van der Waals surface area contributed by atoms with Crippen LogP contribution in [-0.2, 0) is 13.1 Å². The molecule has 0 amide bonds. The number of thiocarbonyl (C=S) groups is 1. The number of aromatic nitrogens is 1. The molecule has 0 fully saturated rings. The molecule has 1 aliphatic heterocycles. The molecule has 178 valence electrons. The van der Waals surface area contributed by atoms with Crippen molar-refractivity contribution in [1.29, 1.82) is 0 Å². The van der Waals surface area contributed by atoms with E-state index in [9.17, 15) is 4.79 Å². The minimum Gasteiger partial charge on any atom is -0.497 e. The summed E-state index contributed by atoms with van der Waals surface area (Å²) in [4.78, 5) is 17.9. The Morgan fingerprint density at radius 1 is 1.09 bits per heavy atom. The maximum absolute atomic E-state index is 13.0. The fraction of sp³-hybridized carbons (Fsp3) is 0.154. The van der Waals surface area contributed by atoms with Crippen LogP contribution in [0.15, 0.2) is 71.5 Å². The van der Waals surface area contributed by atoms with Crippen LogP contribution in [0.2, 0.25) is 5.02 Å². The normalized spacial score (nSPS) is 11.9. The standard InChI is InChI=1S/C26H22ClN3O4S/c1-32-21-7-5-16(6-8-21)13-30(26(35)28-20-4-2-3-19(27)11-20)14-18-9-17-10-23-24(34-15-33-23)12-22(17)29-25(18)31/h2-12H,13-15H2,1H3,(H,28,35)(H,29,31). The van der Waals surface area contributed by atoms with Gasteiger partial charge in [0, 0.05) is 34.3 Å². The Balaban J connectivity index is 1.46. The number of halogens is 1. The number of ether oxygens (including phenoxy) is 3. The predicted octanol–water partition coefficient (Wildman–Crippen LogP) is 5.32. The van der Waals surface area contributed by atoms with E-state index >= 15 is 0 Å². The van der Waals surface area contributed by atoms with E-state index < -0.39 is 0 Å². The van der Waals surface area contributed by atoms with Crippen molar-refractivity contribution < 1.29 is 14.2 Å². The second-order valence-corrected chi connectivity index (χ2v) is 8.88. The zero-order chi connectivity index (χ0) is 24.4. The zero-order valence-electron chi connectivity index (χ0n) is 18.8. The number of pyridine rings is 1. The van der Waals surface area contributed by atoms with E-state index in [0.29, 0.717) is 39.3 Å². The summed E-state index contributed by atoms with van der Waals surface area (Å²) in [5.74, 6) is 2.04. The number of H-pyrrole nitrogens is 1. The smallest absolute Gasteiger partial charge is 0.253 e. The highest BCUT2D eigenvalue weighted by molar-refractivity contribution is 7.80. The van der Waals surface area contributed by atoms with E-state index in [0.717, 1.165) is 22.4 Å². The number of hydrogen-bond acceptors (Lipinski definition) is 5. The van der Waals surface area contributed by atoms with Crippen LogP contribution >= 0.6 is 23.8 Å². The number of methoxy groups -OCH3 is 1. The summed E-state index contributed by atoms with van der Waals surface area (Å²) in [6.07, 6.45) is 0. The van der Waals surface area contributed by atoms with Crippen LogP contribution in [-0.4, -0.2) is 28.9 Å². The molecule has 0 aliphatic carbocycles. The molecule has 0 unspecified atom stereocenters. The van der Waals surface area contributed by atoms with Gasteiger partial charge in [0.05, 0.1) is 19.2 Å². The van der Waals surface area contributed by atoms with Crippen molar-refractivity contribution in [3.63, 3.8) is 0 Å². The van der Waals surface area contributed by atoms with Crippen molar-refractivity contribution in [1.82, 2.24) is 9.88 Å². The molecule has 0 bridgehead atoms. The van der Waals surface area contributed by atoms with Gasteiger partial charge in [-0.3, -0.25) is 4.79 Å². The van der Waals surface area contributed by atoms with Crippen molar-refractivity contribution in [3.8, 4) is 17.2 Å². The summed E-state index contributed by atoms with van der Waals surface area (Å²) in [6.45, 7) is 0.939. The van der Waals surface area contributed by atoms with E-state index in [1.54, 1.807) is 25.3 Å². The second-order valence-electron chi connectivity index (χ2n) is 8.06. The molecule has 2 N–H and O–H groups in total. The molecule has 1 aromatic heterocycles. The Morgan fingerprint density at radius 3 is 2.60 bits per heavy atom.